The van der Waals surface area contributed by atoms with Crippen molar-refractivity contribution in [2.75, 3.05) is 6.61 Å². The maximum absolute atomic E-state index is 12.0. The van der Waals surface area contributed by atoms with E-state index in [4.69, 9.17) is 9.16 Å². The number of H-pyrrole nitrogens is 1. The Kier molecular flexibility index (Phi) is 5.25. The molecule has 0 spiro atoms. The van der Waals surface area contributed by atoms with E-state index >= 15 is 0 Å². The van der Waals surface area contributed by atoms with E-state index in [-0.39, 0.29) is 11.5 Å². The molecule has 1 aliphatic heterocycles. The monoisotopic (exact) mass is 370 g/mol. The fourth-order valence-corrected chi connectivity index (χ4v) is 3.91. The smallest absolute Gasteiger partial charge is 0.330 e. The van der Waals surface area contributed by atoms with Gasteiger partial charge in [-0.05, 0) is 18.1 Å². The molecule has 1 aliphatic rings. The summed E-state index contributed by atoms with van der Waals surface area (Å²) < 4.78 is 13.3. The van der Waals surface area contributed by atoms with Crippen LogP contribution in [0.3, 0.4) is 0 Å². The van der Waals surface area contributed by atoms with Crippen LogP contribution in [0.1, 0.15) is 33.4 Å². The van der Waals surface area contributed by atoms with Crippen LogP contribution in [-0.2, 0) is 14.0 Å². The maximum Gasteiger partial charge on any atom is 0.330 e. The van der Waals surface area contributed by atoms with Crippen LogP contribution in [-0.4, -0.2) is 47.6 Å². The molecule has 1 fully saturated rings. The molecular formula is C16H26N2O6Si. The van der Waals surface area contributed by atoms with Gasteiger partial charge in [-0.15, -0.1) is 0 Å². The average Bonchev–Trinajstić information content (AvgIpc) is 2.84. The quantitative estimate of drug-likeness (QED) is 0.585. The second-order valence-corrected chi connectivity index (χ2v) is 12.7. The first-order valence-electron chi connectivity index (χ1n) is 8.20. The first kappa shape index (κ1) is 19.8. The number of aromatic nitrogens is 2. The number of hydrogen-bond donors (Lipinski definition) is 2. The van der Waals surface area contributed by atoms with Crippen molar-refractivity contribution in [3.05, 3.63) is 33.1 Å². The number of rotatable bonds is 5. The predicted molar refractivity (Wildman–Crippen MR) is 94.0 cm³/mol. The molecular weight excluding hydrogens is 344 g/mol. The molecule has 2 heterocycles. The molecule has 1 aromatic heterocycles. The van der Waals surface area contributed by atoms with E-state index in [2.05, 4.69) is 25.8 Å². The highest BCUT2D eigenvalue weighted by molar-refractivity contribution is 6.74. The van der Waals surface area contributed by atoms with Crippen molar-refractivity contribution in [1.82, 2.24) is 9.55 Å². The van der Waals surface area contributed by atoms with Gasteiger partial charge in [0.25, 0.3) is 5.56 Å². The van der Waals surface area contributed by atoms with Gasteiger partial charge in [-0.1, -0.05) is 20.8 Å². The van der Waals surface area contributed by atoms with Crippen molar-refractivity contribution in [3.63, 3.8) is 0 Å². The summed E-state index contributed by atoms with van der Waals surface area (Å²) in [6, 6.07) is 1.20. The van der Waals surface area contributed by atoms with Gasteiger partial charge in [0.2, 0.25) is 0 Å². The number of carbonyl (C=O) groups is 1. The Morgan fingerprint density at radius 3 is 2.60 bits per heavy atom. The Morgan fingerprint density at radius 2 is 2.12 bits per heavy atom. The number of aliphatic hydroxyl groups excluding tert-OH is 1. The van der Waals surface area contributed by atoms with Crippen LogP contribution in [0.5, 0.6) is 0 Å². The highest BCUT2D eigenvalue weighted by atomic mass is 28.4. The Balaban J connectivity index is 2.37. The van der Waals surface area contributed by atoms with Crippen LogP contribution in [0.25, 0.3) is 0 Å². The lowest BCUT2D eigenvalue weighted by atomic mass is 10.00. The number of aliphatic hydroxyl groups is 1. The molecule has 0 radical (unpaired) electrons. The summed E-state index contributed by atoms with van der Waals surface area (Å²) in [5.41, 5.74) is -2.68. The lowest BCUT2D eigenvalue weighted by molar-refractivity contribution is -0.150. The summed E-state index contributed by atoms with van der Waals surface area (Å²) >= 11 is 0. The van der Waals surface area contributed by atoms with Gasteiger partial charge in [0.15, 0.2) is 20.2 Å². The van der Waals surface area contributed by atoms with Gasteiger partial charge in [0.05, 0.1) is 12.7 Å². The number of aromatic amines is 1. The standard InChI is InChI=1S/C16H26N2O6Si/c1-15(2,3)25(4,5)24-11-8-13(23-16(11,9-19)10-20)18-7-6-12(21)17-14(18)22/h6-7,9,11,13,20H,8,10H2,1-5H3,(H,17,21,22)/t11?,13-,16-/m0/s1. The Bertz CT molecular complexity index is 750. The Labute approximate surface area is 146 Å². The van der Waals surface area contributed by atoms with Crippen LogP contribution < -0.4 is 11.2 Å². The van der Waals surface area contributed by atoms with Crippen LogP contribution >= 0.6 is 0 Å². The Morgan fingerprint density at radius 1 is 1.48 bits per heavy atom. The minimum absolute atomic E-state index is 0.0933. The van der Waals surface area contributed by atoms with Crippen molar-refractivity contribution in [1.29, 1.82) is 0 Å². The third kappa shape index (κ3) is 3.69. The number of hydrogen-bond acceptors (Lipinski definition) is 6. The van der Waals surface area contributed by atoms with Crippen molar-refractivity contribution in [3.8, 4) is 0 Å². The van der Waals surface area contributed by atoms with E-state index in [1.807, 2.05) is 13.1 Å². The third-order valence-electron chi connectivity index (χ3n) is 5.17. The molecule has 2 N–H and O–H groups in total. The molecule has 0 amide bonds. The number of nitrogens with one attached hydrogen (secondary N) is 1. The average molecular weight is 370 g/mol. The van der Waals surface area contributed by atoms with E-state index in [1.54, 1.807) is 0 Å². The van der Waals surface area contributed by atoms with E-state index in [0.29, 0.717) is 6.29 Å². The highest BCUT2D eigenvalue weighted by Crippen LogP contribution is 2.43. The number of ether oxygens (including phenoxy) is 1. The molecule has 0 aromatic carbocycles. The SMILES string of the molecule is CC(C)(C)[Si](C)(C)OC1C[C@@H](n2ccc(=O)[nH]c2=O)O[C@@]1(C=O)CO. The fourth-order valence-electron chi connectivity index (χ4n) is 2.54. The van der Waals surface area contributed by atoms with Gasteiger partial charge < -0.3 is 14.3 Å². The van der Waals surface area contributed by atoms with Gasteiger partial charge in [-0.2, -0.15) is 0 Å². The van der Waals surface area contributed by atoms with Gasteiger partial charge >= 0.3 is 5.69 Å². The van der Waals surface area contributed by atoms with E-state index in [0.717, 1.165) is 0 Å². The van der Waals surface area contributed by atoms with Crippen molar-refractivity contribution in [2.45, 2.75) is 63.3 Å². The van der Waals surface area contributed by atoms with Gasteiger partial charge in [0, 0.05) is 18.7 Å². The molecule has 0 aliphatic carbocycles. The summed E-state index contributed by atoms with van der Waals surface area (Å²) in [5, 5.41) is 9.71. The van der Waals surface area contributed by atoms with Crippen molar-refractivity contribution < 1.29 is 19.1 Å². The second kappa shape index (κ2) is 6.64. The summed E-state index contributed by atoms with van der Waals surface area (Å²) in [6.07, 6.45) is 0.587. The molecule has 1 aromatic rings. The molecule has 1 unspecified atom stereocenters. The van der Waals surface area contributed by atoms with Gasteiger partial charge in [-0.3, -0.25) is 19.1 Å². The molecule has 0 bridgehead atoms. The summed E-state index contributed by atoms with van der Waals surface area (Å²) in [6.45, 7) is 9.74. The topological polar surface area (TPSA) is 111 Å². The summed E-state index contributed by atoms with van der Waals surface area (Å²) in [4.78, 5) is 37.1. The second-order valence-electron chi connectivity index (χ2n) is 7.92. The summed E-state index contributed by atoms with van der Waals surface area (Å²) in [5.74, 6) is 0. The lowest BCUT2D eigenvalue weighted by Crippen LogP contribution is -2.53. The summed E-state index contributed by atoms with van der Waals surface area (Å²) in [7, 11) is -2.24. The van der Waals surface area contributed by atoms with E-state index < -0.39 is 44.1 Å². The zero-order valence-electron chi connectivity index (χ0n) is 15.2. The largest absolute Gasteiger partial charge is 0.410 e. The lowest BCUT2D eigenvalue weighted by Gasteiger charge is -2.40. The van der Waals surface area contributed by atoms with E-state index in [1.165, 1.54) is 16.8 Å². The molecule has 8 nitrogen and oxygen atoms in total. The normalized spacial score (nSPS) is 27.4. The van der Waals surface area contributed by atoms with Crippen LogP contribution in [0, 0.1) is 0 Å². The molecule has 140 valence electrons. The van der Waals surface area contributed by atoms with Gasteiger partial charge in [-0.25, -0.2) is 4.79 Å². The zero-order valence-corrected chi connectivity index (χ0v) is 16.2. The van der Waals surface area contributed by atoms with Crippen molar-refractivity contribution in [2.24, 2.45) is 0 Å². The molecule has 9 heteroatoms. The first-order chi connectivity index (χ1) is 11.5. The maximum atomic E-state index is 12.0. The molecule has 0 saturated carbocycles. The number of carbonyl (C=O) groups excluding carboxylic acids is 1. The molecule has 25 heavy (non-hydrogen) atoms. The van der Waals surface area contributed by atoms with Gasteiger partial charge in [0.1, 0.15) is 6.23 Å². The van der Waals surface area contributed by atoms with Crippen molar-refractivity contribution >= 4 is 14.6 Å². The Hall–Kier alpha value is -1.55. The highest BCUT2D eigenvalue weighted by Gasteiger charge is 2.53. The molecule has 3 atom stereocenters. The predicted octanol–water partition coefficient (Wildman–Crippen LogP) is 0.776. The fraction of sp³-hybridized carbons (Fsp3) is 0.688. The molecule has 2 rings (SSSR count). The van der Waals surface area contributed by atoms with Crippen LogP contribution in [0.15, 0.2) is 21.9 Å². The van der Waals surface area contributed by atoms with Crippen LogP contribution in [0.4, 0.5) is 0 Å². The third-order valence-corrected chi connectivity index (χ3v) is 9.65. The zero-order chi connectivity index (χ0) is 19.0. The van der Waals surface area contributed by atoms with E-state index in [9.17, 15) is 19.5 Å². The minimum Gasteiger partial charge on any atom is -0.410 e. The van der Waals surface area contributed by atoms with Crippen LogP contribution in [0.2, 0.25) is 18.1 Å². The molecule has 1 saturated heterocycles. The minimum atomic E-state index is -2.24. The number of aldehydes is 1. The number of nitrogens with zero attached hydrogens (tertiary/aromatic N) is 1. The first-order valence-corrected chi connectivity index (χ1v) is 11.1.